The van der Waals surface area contributed by atoms with Crippen LogP contribution in [-0.2, 0) is 0 Å². The van der Waals surface area contributed by atoms with Crippen LogP contribution in [0.15, 0.2) is 29.4 Å². The molecular weight excluding hydrogens is 176 g/mol. The van der Waals surface area contributed by atoms with Crippen LogP contribution in [0.4, 0.5) is 0 Å². The summed E-state index contributed by atoms with van der Waals surface area (Å²) in [6, 6.07) is 7.30. The first-order valence-corrected chi connectivity index (χ1v) is 4.71. The SMILES string of the molecule is CC1(C)CNN=C1c1ccccc1O. The van der Waals surface area contributed by atoms with E-state index >= 15 is 0 Å². The largest absolute Gasteiger partial charge is 0.507 e. The van der Waals surface area contributed by atoms with Crippen LogP contribution in [0, 0.1) is 5.41 Å². The van der Waals surface area contributed by atoms with Gasteiger partial charge in [-0.1, -0.05) is 26.0 Å². The van der Waals surface area contributed by atoms with Crippen molar-refractivity contribution in [2.75, 3.05) is 6.54 Å². The molecule has 1 aromatic rings. The minimum Gasteiger partial charge on any atom is -0.507 e. The van der Waals surface area contributed by atoms with Gasteiger partial charge < -0.3 is 10.5 Å². The number of hydrogen-bond acceptors (Lipinski definition) is 3. The van der Waals surface area contributed by atoms with Crippen LogP contribution >= 0.6 is 0 Å². The number of phenols is 1. The highest BCUT2D eigenvalue weighted by Gasteiger charge is 2.31. The van der Waals surface area contributed by atoms with Crippen molar-refractivity contribution < 1.29 is 5.11 Å². The summed E-state index contributed by atoms with van der Waals surface area (Å²) in [7, 11) is 0. The molecule has 74 valence electrons. The average Bonchev–Trinajstić information content (AvgIpc) is 2.46. The fraction of sp³-hybridized carbons (Fsp3) is 0.364. The molecule has 0 fully saturated rings. The van der Waals surface area contributed by atoms with Gasteiger partial charge >= 0.3 is 0 Å². The summed E-state index contributed by atoms with van der Waals surface area (Å²) in [6.07, 6.45) is 0. The van der Waals surface area contributed by atoms with Gasteiger partial charge in [0.2, 0.25) is 0 Å². The molecule has 0 aliphatic carbocycles. The molecule has 0 radical (unpaired) electrons. The van der Waals surface area contributed by atoms with E-state index in [9.17, 15) is 5.11 Å². The molecule has 3 nitrogen and oxygen atoms in total. The van der Waals surface area contributed by atoms with Crippen LogP contribution in [0.2, 0.25) is 0 Å². The number of aromatic hydroxyl groups is 1. The van der Waals surface area contributed by atoms with Crippen molar-refractivity contribution >= 4 is 5.71 Å². The van der Waals surface area contributed by atoms with Crippen LogP contribution in [0.3, 0.4) is 0 Å². The number of phenolic OH excluding ortho intramolecular Hbond substituents is 1. The van der Waals surface area contributed by atoms with Gasteiger partial charge in [0.1, 0.15) is 5.75 Å². The second-order valence-corrected chi connectivity index (χ2v) is 4.20. The zero-order chi connectivity index (χ0) is 10.2. The van der Waals surface area contributed by atoms with Gasteiger partial charge in [-0.2, -0.15) is 5.10 Å². The van der Waals surface area contributed by atoms with Crippen LogP contribution < -0.4 is 5.43 Å². The van der Waals surface area contributed by atoms with Crippen LogP contribution in [0.25, 0.3) is 0 Å². The van der Waals surface area contributed by atoms with E-state index in [1.165, 1.54) is 0 Å². The van der Waals surface area contributed by atoms with E-state index in [1.54, 1.807) is 6.07 Å². The maximum absolute atomic E-state index is 9.69. The molecule has 2 rings (SSSR count). The molecule has 14 heavy (non-hydrogen) atoms. The Bertz CT molecular complexity index is 383. The van der Waals surface area contributed by atoms with Crippen molar-refractivity contribution in [2.45, 2.75) is 13.8 Å². The van der Waals surface area contributed by atoms with E-state index in [4.69, 9.17) is 0 Å². The van der Waals surface area contributed by atoms with Crippen molar-refractivity contribution in [3.05, 3.63) is 29.8 Å². The Morgan fingerprint density at radius 2 is 2.07 bits per heavy atom. The molecule has 2 N–H and O–H groups in total. The van der Waals surface area contributed by atoms with Crippen molar-refractivity contribution in [1.29, 1.82) is 0 Å². The zero-order valence-corrected chi connectivity index (χ0v) is 8.41. The van der Waals surface area contributed by atoms with Gasteiger partial charge in [0.05, 0.1) is 5.71 Å². The summed E-state index contributed by atoms with van der Waals surface area (Å²) in [5.41, 5.74) is 4.70. The molecule has 0 saturated carbocycles. The molecule has 0 aromatic heterocycles. The van der Waals surface area contributed by atoms with Crippen molar-refractivity contribution in [1.82, 2.24) is 5.43 Å². The molecule has 0 unspecified atom stereocenters. The Balaban J connectivity index is 2.46. The standard InChI is InChI=1S/C11H14N2O/c1-11(2)7-12-13-10(11)8-5-3-4-6-9(8)14/h3-6,12,14H,7H2,1-2H3. The summed E-state index contributed by atoms with van der Waals surface area (Å²) < 4.78 is 0. The van der Waals surface area contributed by atoms with E-state index in [0.717, 1.165) is 17.8 Å². The summed E-state index contributed by atoms with van der Waals surface area (Å²) in [5, 5.41) is 13.9. The lowest BCUT2D eigenvalue weighted by atomic mass is 9.84. The molecule has 1 heterocycles. The number of para-hydroxylation sites is 1. The Kier molecular flexibility index (Phi) is 1.95. The van der Waals surface area contributed by atoms with Crippen LogP contribution in [0.5, 0.6) is 5.75 Å². The highest BCUT2D eigenvalue weighted by molar-refractivity contribution is 6.07. The summed E-state index contributed by atoms with van der Waals surface area (Å²) in [5.74, 6) is 0.294. The van der Waals surface area contributed by atoms with Gasteiger partial charge in [-0.3, -0.25) is 0 Å². The predicted molar refractivity (Wildman–Crippen MR) is 56.4 cm³/mol. The molecule has 0 spiro atoms. The maximum atomic E-state index is 9.69. The fourth-order valence-electron chi connectivity index (χ4n) is 1.65. The summed E-state index contributed by atoms with van der Waals surface area (Å²) in [6.45, 7) is 5.03. The molecule has 0 saturated heterocycles. The van der Waals surface area contributed by atoms with Crippen molar-refractivity contribution in [3.8, 4) is 5.75 Å². The van der Waals surface area contributed by atoms with E-state index in [0.29, 0.717) is 5.75 Å². The number of rotatable bonds is 1. The zero-order valence-electron chi connectivity index (χ0n) is 8.41. The molecule has 0 amide bonds. The molecule has 1 aliphatic rings. The smallest absolute Gasteiger partial charge is 0.124 e. The van der Waals surface area contributed by atoms with E-state index in [2.05, 4.69) is 24.4 Å². The molecule has 1 aliphatic heterocycles. The second-order valence-electron chi connectivity index (χ2n) is 4.20. The lowest BCUT2D eigenvalue weighted by Crippen LogP contribution is -2.26. The minimum absolute atomic E-state index is 0.0150. The highest BCUT2D eigenvalue weighted by Crippen LogP contribution is 2.29. The minimum atomic E-state index is -0.0150. The second kappa shape index (κ2) is 3.01. The van der Waals surface area contributed by atoms with Gasteiger partial charge in [0.25, 0.3) is 0 Å². The first kappa shape index (κ1) is 9.06. The van der Waals surface area contributed by atoms with Crippen molar-refractivity contribution in [3.63, 3.8) is 0 Å². The average molecular weight is 190 g/mol. The van der Waals surface area contributed by atoms with Gasteiger partial charge in [0.15, 0.2) is 0 Å². The molecule has 0 bridgehead atoms. The quantitative estimate of drug-likeness (QED) is 0.708. The Hall–Kier alpha value is -1.51. The van der Waals surface area contributed by atoms with Gasteiger partial charge in [-0.15, -0.1) is 0 Å². The van der Waals surface area contributed by atoms with Crippen molar-refractivity contribution in [2.24, 2.45) is 10.5 Å². The molecule has 1 aromatic carbocycles. The number of nitrogens with zero attached hydrogens (tertiary/aromatic N) is 1. The Labute approximate surface area is 83.5 Å². The third kappa shape index (κ3) is 1.35. The Morgan fingerprint density at radius 3 is 2.64 bits per heavy atom. The van der Waals surface area contributed by atoms with E-state index < -0.39 is 0 Å². The number of benzene rings is 1. The lowest BCUT2D eigenvalue weighted by molar-refractivity contribution is 0.471. The first-order chi connectivity index (χ1) is 6.61. The Morgan fingerprint density at radius 1 is 1.36 bits per heavy atom. The van der Waals surface area contributed by atoms with Gasteiger partial charge in [0, 0.05) is 17.5 Å². The normalized spacial score (nSPS) is 18.9. The van der Waals surface area contributed by atoms with E-state index in [1.807, 2.05) is 18.2 Å². The van der Waals surface area contributed by atoms with Crippen LogP contribution in [0.1, 0.15) is 19.4 Å². The topological polar surface area (TPSA) is 44.6 Å². The molecule has 3 heteroatoms. The predicted octanol–water partition coefficient (Wildman–Crippen LogP) is 1.73. The number of hydrogen-bond donors (Lipinski definition) is 2. The first-order valence-electron chi connectivity index (χ1n) is 4.71. The summed E-state index contributed by atoms with van der Waals surface area (Å²) >= 11 is 0. The number of nitrogens with one attached hydrogen (secondary N) is 1. The maximum Gasteiger partial charge on any atom is 0.124 e. The molecular formula is C11H14N2O. The highest BCUT2D eigenvalue weighted by atomic mass is 16.3. The third-order valence-corrected chi connectivity index (χ3v) is 2.51. The van der Waals surface area contributed by atoms with E-state index in [-0.39, 0.29) is 5.41 Å². The fourth-order valence-corrected chi connectivity index (χ4v) is 1.65. The van der Waals surface area contributed by atoms with Gasteiger partial charge in [-0.05, 0) is 12.1 Å². The lowest BCUT2D eigenvalue weighted by Gasteiger charge is -2.19. The van der Waals surface area contributed by atoms with Crippen LogP contribution in [-0.4, -0.2) is 17.4 Å². The van der Waals surface area contributed by atoms with Gasteiger partial charge in [-0.25, -0.2) is 0 Å². The summed E-state index contributed by atoms with van der Waals surface area (Å²) in [4.78, 5) is 0. The molecule has 0 atom stereocenters. The monoisotopic (exact) mass is 190 g/mol. The third-order valence-electron chi connectivity index (χ3n) is 2.51. The number of hydrazone groups is 1.